The average molecular weight is 359 g/mol. The van der Waals surface area contributed by atoms with Crippen molar-refractivity contribution >= 4 is 29.3 Å². The standard InChI is InChI=1S/C16H11ClN4O4/c17-14-10-20(19-16(14)21(23)24)9-13-4-3-12(25-13)5-6-15(22)11-2-1-7-18-8-11/h1-8,10H,9H2/b6-5+. The van der Waals surface area contributed by atoms with Crippen molar-refractivity contribution < 1.29 is 14.1 Å². The summed E-state index contributed by atoms with van der Waals surface area (Å²) in [5.74, 6) is 0.387. The number of allylic oxidation sites excluding steroid dienone is 1. The van der Waals surface area contributed by atoms with Gasteiger partial charge in [-0.2, -0.15) is 4.68 Å². The molecule has 0 aromatic carbocycles. The Labute approximate surface area is 146 Å². The van der Waals surface area contributed by atoms with Crippen molar-refractivity contribution in [1.82, 2.24) is 14.8 Å². The van der Waals surface area contributed by atoms with Crippen LogP contribution >= 0.6 is 11.6 Å². The first-order chi connectivity index (χ1) is 12.0. The number of halogens is 1. The summed E-state index contributed by atoms with van der Waals surface area (Å²) in [6.45, 7) is 0.179. The molecule has 0 aliphatic heterocycles. The smallest absolute Gasteiger partial charge is 0.408 e. The van der Waals surface area contributed by atoms with Crippen LogP contribution in [0.1, 0.15) is 21.9 Å². The van der Waals surface area contributed by atoms with Gasteiger partial charge in [0.2, 0.25) is 0 Å². The maximum atomic E-state index is 12.0. The molecule has 3 aromatic heterocycles. The zero-order valence-corrected chi connectivity index (χ0v) is 13.5. The van der Waals surface area contributed by atoms with E-state index in [1.807, 2.05) is 0 Å². The molecule has 25 heavy (non-hydrogen) atoms. The summed E-state index contributed by atoms with van der Waals surface area (Å²) >= 11 is 5.74. The van der Waals surface area contributed by atoms with Crippen molar-refractivity contribution in [2.75, 3.05) is 0 Å². The number of pyridine rings is 1. The van der Waals surface area contributed by atoms with Crippen LogP contribution in [0.15, 0.2) is 53.3 Å². The Bertz CT molecular complexity index is 946. The molecule has 9 heteroatoms. The number of aromatic nitrogens is 3. The van der Waals surface area contributed by atoms with Gasteiger partial charge in [0.15, 0.2) is 10.8 Å². The van der Waals surface area contributed by atoms with E-state index in [1.165, 1.54) is 29.2 Å². The maximum Gasteiger partial charge on any atom is 0.408 e. The third-order valence-corrected chi connectivity index (χ3v) is 3.48. The lowest BCUT2D eigenvalue weighted by Crippen LogP contribution is -2.00. The van der Waals surface area contributed by atoms with Crippen molar-refractivity contribution in [2.45, 2.75) is 6.54 Å². The zero-order valence-electron chi connectivity index (χ0n) is 12.7. The molecule has 0 aliphatic carbocycles. The molecule has 0 N–H and O–H groups in total. The molecule has 0 saturated heterocycles. The van der Waals surface area contributed by atoms with Crippen LogP contribution in [0.3, 0.4) is 0 Å². The van der Waals surface area contributed by atoms with Gasteiger partial charge >= 0.3 is 5.82 Å². The Morgan fingerprint density at radius 3 is 2.92 bits per heavy atom. The van der Waals surface area contributed by atoms with Gasteiger partial charge in [0, 0.05) is 18.0 Å². The van der Waals surface area contributed by atoms with Crippen molar-refractivity contribution in [3.05, 3.63) is 81.2 Å². The quantitative estimate of drug-likeness (QED) is 0.289. The van der Waals surface area contributed by atoms with E-state index in [1.54, 1.807) is 30.5 Å². The van der Waals surface area contributed by atoms with E-state index < -0.39 is 10.7 Å². The largest absolute Gasteiger partial charge is 0.460 e. The average Bonchev–Trinajstić information content (AvgIpc) is 3.20. The van der Waals surface area contributed by atoms with Crippen molar-refractivity contribution in [3.63, 3.8) is 0 Å². The molecule has 0 bridgehead atoms. The summed E-state index contributed by atoms with van der Waals surface area (Å²) in [7, 11) is 0. The summed E-state index contributed by atoms with van der Waals surface area (Å²) in [6.07, 6.45) is 7.34. The number of nitro groups is 1. The lowest BCUT2D eigenvalue weighted by atomic mass is 10.2. The fourth-order valence-corrected chi connectivity index (χ4v) is 2.30. The summed E-state index contributed by atoms with van der Waals surface area (Å²) < 4.78 is 6.87. The molecule has 0 radical (unpaired) electrons. The van der Waals surface area contributed by atoms with E-state index in [2.05, 4.69) is 10.1 Å². The van der Waals surface area contributed by atoms with Crippen LogP contribution in [-0.2, 0) is 6.54 Å². The van der Waals surface area contributed by atoms with Gasteiger partial charge in [-0.25, -0.2) is 0 Å². The Balaban J connectivity index is 1.68. The molecular formula is C16H11ClN4O4. The summed E-state index contributed by atoms with van der Waals surface area (Å²) in [4.78, 5) is 25.9. The molecule has 0 amide bonds. The van der Waals surface area contributed by atoms with E-state index in [4.69, 9.17) is 16.0 Å². The van der Waals surface area contributed by atoms with E-state index >= 15 is 0 Å². The molecule has 3 rings (SSSR count). The minimum atomic E-state index is -0.654. The molecule has 8 nitrogen and oxygen atoms in total. The van der Waals surface area contributed by atoms with Crippen LogP contribution < -0.4 is 0 Å². The number of carbonyl (C=O) groups is 1. The third kappa shape index (κ3) is 3.99. The van der Waals surface area contributed by atoms with Crippen molar-refractivity contribution in [3.8, 4) is 0 Å². The molecule has 0 saturated carbocycles. The summed E-state index contributed by atoms with van der Waals surface area (Å²) in [6, 6.07) is 6.72. The SMILES string of the molecule is O=C(/C=C/c1ccc(Cn2cc(Cl)c([N+](=O)[O-])n2)o1)c1cccnc1. The van der Waals surface area contributed by atoms with Gasteiger partial charge in [-0.05, 0) is 41.3 Å². The van der Waals surface area contributed by atoms with Gasteiger partial charge in [0.05, 0.1) is 11.3 Å². The van der Waals surface area contributed by atoms with Gasteiger partial charge in [0.1, 0.15) is 18.1 Å². The second kappa shape index (κ2) is 7.10. The predicted molar refractivity (Wildman–Crippen MR) is 89.3 cm³/mol. The minimum Gasteiger partial charge on any atom is -0.460 e. The number of carbonyl (C=O) groups excluding carboxylic acids is 1. The lowest BCUT2D eigenvalue weighted by Gasteiger charge is -1.94. The van der Waals surface area contributed by atoms with Gasteiger partial charge in [-0.15, -0.1) is 0 Å². The molecule has 3 heterocycles. The summed E-state index contributed by atoms with van der Waals surface area (Å²) in [5, 5.41) is 14.5. The lowest BCUT2D eigenvalue weighted by molar-refractivity contribution is -0.389. The highest BCUT2D eigenvalue weighted by atomic mass is 35.5. The van der Waals surface area contributed by atoms with Crippen molar-refractivity contribution in [1.29, 1.82) is 0 Å². The fraction of sp³-hybridized carbons (Fsp3) is 0.0625. The first-order valence-corrected chi connectivity index (χ1v) is 7.49. The number of nitrogens with zero attached hydrogens (tertiary/aromatic N) is 4. The number of hydrogen-bond donors (Lipinski definition) is 0. The number of furan rings is 1. The topological polar surface area (TPSA) is 104 Å². The molecule has 0 atom stereocenters. The van der Waals surface area contributed by atoms with Gasteiger partial charge < -0.3 is 14.5 Å². The zero-order chi connectivity index (χ0) is 17.8. The van der Waals surface area contributed by atoms with Gasteiger partial charge in [0.25, 0.3) is 0 Å². The molecule has 0 spiro atoms. The van der Waals surface area contributed by atoms with Crippen LogP contribution in [-0.4, -0.2) is 25.5 Å². The van der Waals surface area contributed by atoms with E-state index in [-0.39, 0.29) is 17.4 Å². The van der Waals surface area contributed by atoms with Crippen LogP contribution in [0, 0.1) is 10.1 Å². The molecule has 3 aromatic rings. The Hall–Kier alpha value is -3.26. The second-order valence-corrected chi connectivity index (χ2v) is 5.41. The molecule has 0 unspecified atom stereocenters. The number of hydrogen-bond acceptors (Lipinski definition) is 6. The van der Waals surface area contributed by atoms with Gasteiger partial charge in [-0.3, -0.25) is 9.78 Å². The van der Waals surface area contributed by atoms with E-state index in [0.717, 1.165) is 0 Å². The van der Waals surface area contributed by atoms with Crippen molar-refractivity contribution in [2.24, 2.45) is 0 Å². The first kappa shape index (κ1) is 16.6. The molecule has 0 aliphatic rings. The Morgan fingerprint density at radius 2 is 2.24 bits per heavy atom. The number of ketones is 1. The van der Waals surface area contributed by atoms with E-state index in [9.17, 15) is 14.9 Å². The highest BCUT2D eigenvalue weighted by Gasteiger charge is 2.19. The summed E-state index contributed by atoms with van der Waals surface area (Å²) in [5.41, 5.74) is 0.476. The Morgan fingerprint density at radius 1 is 1.40 bits per heavy atom. The first-order valence-electron chi connectivity index (χ1n) is 7.11. The highest BCUT2D eigenvalue weighted by Crippen LogP contribution is 2.22. The third-order valence-electron chi connectivity index (χ3n) is 3.22. The highest BCUT2D eigenvalue weighted by molar-refractivity contribution is 6.32. The monoisotopic (exact) mass is 358 g/mol. The van der Waals surface area contributed by atoms with Crippen LogP contribution in [0.2, 0.25) is 5.02 Å². The second-order valence-electron chi connectivity index (χ2n) is 5.00. The number of rotatable bonds is 6. The predicted octanol–water partition coefficient (Wildman–Crippen LogP) is 3.38. The minimum absolute atomic E-state index is 0.0428. The van der Waals surface area contributed by atoms with Crippen LogP contribution in [0.5, 0.6) is 0 Å². The molecule has 0 fully saturated rings. The maximum absolute atomic E-state index is 12.0. The normalized spacial score (nSPS) is 11.1. The van der Waals surface area contributed by atoms with Gasteiger partial charge in [-0.1, -0.05) is 11.6 Å². The fourth-order valence-electron chi connectivity index (χ4n) is 2.08. The molecule has 126 valence electrons. The van der Waals surface area contributed by atoms with E-state index in [0.29, 0.717) is 17.1 Å². The van der Waals surface area contributed by atoms with Crippen LogP contribution in [0.25, 0.3) is 6.08 Å². The molecular weight excluding hydrogens is 348 g/mol. The Kier molecular flexibility index (Phi) is 4.71. The van der Waals surface area contributed by atoms with Crippen LogP contribution in [0.4, 0.5) is 5.82 Å².